The van der Waals surface area contributed by atoms with Crippen molar-refractivity contribution in [2.75, 3.05) is 12.3 Å². The zero-order valence-corrected chi connectivity index (χ0v) is 9.91. The van der Waals surface area contributed by atoms with Crippen LogP contribution in [0.2, 0.25) is 0 Å². The second-order valence-corrected chi connectivity index (χ2v) is 4.26. The van der Waals surface area contributed by atoms with Gasteiger partial charge in [-0.2, -0.15) is 11.3 Å². The lowest BCUT2D eigenvalue weighted by atomic mass is 10.2. The van der Waals surface area contributed by atoms with Crippen LogP contribution in [0, 0.1) is 0 Å². The molecule has 5 nitrogen and oxygen atoms in total. The van der Waals surface area contributed by atoms with Crippen molar-refractivity contribution < 1.29 is 4.79 Å². The summed E-state index contributed by atoms with van der Waals surface area (Å²) >= 11 is 1.65. The van der Waals surface area contributed by atoms with Crippen molar-refractivity contribution in [1.29, 1.82) is 0 Å². The topological polar surface area (TPSA) is 80.9 Å². The van der Waals surface area contributed by atoms with E-state index in [9.17, 15) is 4.79 Å². The third-order valence-electron chi connectivity index (χ3n) is 2.20. The highest BCUT2D eigenvalue weighted by Gasteiger charge is 2.06. The van der Waals surface area contributed by atoms with Gasteiger partial charge in [0.2, 0.25) is 0 Å². The van der Waals surface area contributed by atoms with E-state index in [1.807, 2.05) is 11.4 Å². The standard InChI is InChI=1S/C11H12N4OS/c12-10-2-1-9(14-15-10)11(16)13-5-3-8-4-6-17-7-8/h1-2,4,6-7H,3,5H2,(H2,12,15)(H,13,16). The van der Waals surface area contributed by atoms with E-state index < -0.39 is 0 Å². The molecule has 2 heterocycles. The first kappa shape index (κ1) is 11.5. The largest absolute Gasteiger partial charge is 0.382 e. The lowest BCUT2D eigenvalue weighted by Gasteiger charge is -2.03. The summed E-state index contributed by atoms with van der Waals surface area (Å²) in [6, 6.07) is 5.16. The Labute approximate surface area is 103 Å². The van der Waals surface area contributed by atoms with Gasteiger partial charge in [0.05, 0.1) is 0 Å². The summed E-state index contributed by atoms with van der Waals surface area (Å²) in [7, 11) is 0. The molecule has 0 aliphatic carbocycles. The zero-order valence-electron chi connectivity index (χ0n) is 9.09. The molecular formula is C11H12N4OS. The van der Waals surface area contributed by atoms with Gasteiger partial charge in [0.15, 0.2) is 5.69 Å². The second-order valence-electron chi connectivity index (χ2n) is 3.48. The number of nitrogens with one attached hydrogen (secondary N) is 1. The van der Waals surface area contributed by atoms with Crippen molar-refractivity contribution in [3.63, 3.8) is 0 Å². The zero-order chi connectivity index (χ0) is 12.1. The number of hydrogen-bond acceptors (Lipinski definition) is 5. The fourth-order valence-electron chi connectivity index (χ4n) is 1.31. The maximum atomic E-state index is 11.6. The molecular weight excluding hydrogens is 236 g/mol. The molecule has 2 aromatic rings. The Morgan fingerprint density at radius 3 is 2.88 bits per heavy atom. The summed E-state index contributed by atoms with van der Waals surface area (Å²) < 4.78 is 0. The Balaban J connectivity index is 1.83. The highest BCUT2D eigenvalue weighted by Crippen LogP contribution is 2.05. The van der Waals surface area contributed by atoms with Gasteiger partial charge in [-0.15, -0.1) is 10.2 Å². The molecule has 0 bridgehead atoms. The summed E-state index contributed by atoms with van der Waals surface area (Å²) in [5, 5.41) is 14.2. The molecule has 0 saturated heterocycles. The molecule has 0 aromatic carbocycles. The minimum Gasteiger partial charge on any atom is -0.382 e. The number of aromatic nitrogens is 2. The molecule has 0 spiro atoms. The molecule has 2 aromatic heterocycles. The van der Waals surface area contributed by atoms with E-state index in [0.717, 1.165) is 6.42 Å². The van der Waals surface area contributed by atoms with Crippen LogP contribution in [0.4, 0.5) is 5.82 Å². The van der Waals surface area contributed by atoms with Gasteiger partial charge in [-0.3, -0.25) is 4.79 Å². The number of hydrogen-bond donors (Lipinski definition) is 2. The van der Waals surface area contributed by atoms with Crippen LogP contribution in [0.3, 0.4) is 0 Å². The Morgan fingerprint density at radius 2 is 2.24 bits per heavy atom. The first-order valence-electron chi connectivity index (χ1n) is 5.14. The van der Waals surface area contributed by atoms with E-state index in [2.05, 4.69) is 20.9 Å². The number of nitrogens with zero attached hydrogens (tertiary/aromatic N) is 2. The molecule has 0 radical (unpaired) electrons. The maximum absolute atomic E-state index is 11.6. The number of rotatable bonds is 4. The molecule has 17 heavy (non-hydrogen) atoms. The van der Waals surface area contributed by atoms with Gasteiger partial charge in [-0.25, -0.2) is 0 Å². The normalized spacial score (nSPS) is 10.1. The summed E-state index contributed by atoms with van der Waals surface area (Å²) in [4.78, 5) is 11.6. The summed E-state index contributed by atoms with van der Waals surface area (Å²) in [6.45, 7) is 0.585. The van der Waals surface area contributed by atoms with Crippen LogP contribution in [0.25, 0.3) is 0 Å². The van der Waals surface area contributed by atoms with E-state index in [4.69, 9.17) is 5.73 Å². The quantitative estimate of drug-likeness (QED) is 0.848. The van der Waals surface area contributed by atoms with Gasteiger partial charge in [0.1, 0.15) is 5.82 Å². The van der Waals surface area contributed by atoms with E-state index in [0.29, 0.717) is 12.4 Å². The van der Waals surface area contributed by atoms with Crippen LogP contribution >= 0.6 is 11.3 Å². The molecule has 2 rings (SSSR count). The maximum Gasteiger partial charge on any atom is 0.271 e. The minimum atomic E-state index is -0.229. The Bertz CT molecular complexity index is 481. The number of nitrogens with two attached hydrogens (primary N) is 1. The number of nitrogen functional groups attached to an aromatic ring is 1. The molecule has 0 aliphatic rings. The van der Waals surface area contributed by atoms with Gasteiger partial charge in [0.25, 0.3) is 5.91 Å². The first-order valence-corrected chi connectivity index (χ1v) is 6.08. The first-order chi connectivity index (χ1) is 8.25. The van der Waals surface area contributed by atoms with Gasteiger partial charge < -0.3 is 11.1 Å². The van der Waals surface area contributed by atoms with Crippen molar-refractivity contribution in [2.24, 2.45) is 0 Å². The Morgan fingerprint density at radius 1 is 1.35 bits per heavy atom. The van der Waals surface area contributed by atoms with E-state index in [1.165, 1.54) is 5.56 Å². The highest BCUT2D eigenvalue weighted by molar-refractivity contribution is 7.07. The number of thiophene rings is 1. The van der Waals surface area contributed by atoms with Gasteiger partial charge >= 0.3 is 0 Å². The number of carbonyl (C=O) groups excluding carboxylic acids is 1. The Kier molecular flexibility index (Phi) is 3.66. The average Bonchev–Trinajstić information content (AvgIpc) is 2.83. The van der Waals surface area contributed by atoms with Crippen molar-refractivity contribution in [2.45, 2.75) is 6.42 Å². The van der Waals surface area contributed by atoms with E-state index in [-0.39, 0.29) is 11.6 Å². The van der Waals surface area contributed by atoms with Crippen LogP contribution in [0.15, 0.2) is 29.0 Å². The van der Waals surface area contributed by atoms with Crippen LogP contribution < -0.4 is 11.1 Å². The van der Waals surface area contributed by atoms with Crippen molar-refractivity contribution in [1.82, 2.24) is 15.5 Å². The number of anilines is 1. The fourth-order valence-corrected chi connectivity index (χ4v) is 2.01. The molecule has 0 atom stereocenters. The second kappa shape index (κ2) is 5.40. The molecule has 6 heteroatoms. The van der Waals surface area contributed by atoms with Crippen molar-refractivity contribution >= 4 is 23.1 Å². The summed E-state index contributed by atoms with van der Waals surface area (Å²) in [5.41, 5.74) is 6.89. The third kappa shape index (κ3) is 3.25. The summed E-state index contributed by atoms with van der Waals surface area (Å²) in [5.74, 6) is 0.0764. The van der Waals surface area contributed by atoms with E-state index >= 15 is 0 Å². The smallest absolute Gasteiger partial charge is 0.271 e. The molecule has 0 aliphatic heterocycles. The predicted octanol–water partition coefficient (Wildman–Crippen LogP) is 1.09. The molecule has 0 unspecified atom stereocenters. The minimum absolute atomic E-state index is 0.229. The van der Waals surface area contributed by atoms with Crippen LogP contribution in [-0.2, 0) is 6.42 Å². The number of carbonyl (C=O) groups is 1. The lowest BCUT2D eigenvalue weighted by molar-refractivity contribution is 0.0948. The SMILES string of the molecule is Nc1ccc(C(=O)NCCc2ccsc2)nn1. The Hall–Kier alpha value is -1.95. The molecule has 1 amide bonds. The monoisotopic (exact) mass is 248 g/mol. The van der Waals surface area contributed by atoms with Gasteiger partial charge in [-0.1, -0.05) is 0 Å². The fraction of sp³-hybridized carbons (Fsp3) is 0.182. The van der Waals surface area contributed by atoms with Crippen LogP contribution in [0.1, 0.15) is 16.1 Å². The van der Waals surface area contributed by atoms with Crippen molar-refractivity contribution in [3.05, 3.63) is 40.2 Å². The molecule has 88 valence electrons. The van der Waals surface area contributed by atoms with Gasteiger partial charge in [0, 0.05) is 6.54 Å². The third-order valence-corrected chi connectivity index (χ3v) is 2.93. The predicted molar refractivity (Wildman–Crippen MR) is 66.8 cm³/mol. The molecule has 3 N–H and O–H groups in total. The van der Waals surface area contributed by atoms with E-state index in [1.54, 1.807) is 23.5 Å². The van der Waals surface area contributed by atoms with Gasteiger partial charge in [-0.05, 0) is 40.9 Å². The molecule has 0 saturated carbocycles. The lowest BCUT2D eigenvalue weighted by Crippen LogP contribution is -2.26. The van der Waals surface area contributed by atoms with Crippen LogP contribution in [0.5, 0.6) is 0 Å². The highest BCUT2D eigenvalue weighted by atomic mass is 32.1. The van der Waals surface area contributed by atoms with Crippen LogP contribution in [-0.4, -0.2) is 22.6 Å². The summed E-state index contributed by atoms with van der Waals surface area (Å²) in [6.07, 6.45) is 0.817. The molecule has 0 fully saturated rings. The average molecular weight is 248 g/mol. The van der Waals surface area contributed by atoms with Crippen molar-refractivity contribution in [3.8, 4) is 0 Å². The number of amides is 1.